The monoisotopic (exact) mass is 374 g/mol. The smallest absolute Gasteiger partial charge is 0.203 e. The number of benzene rings is 2. The molecule has 26 heavy (non-hydrogen) atoms. The van der Waals surface area contributed by atoms with Gasteiger partial charge in [-0.2, -0.15) is 0 Å². The van der Waals surface area contributed by atoms with Crippen LogP contribution in [0.3, 0.4) is 0 Å². The summed E-state index contributed by atoms with van der Waals surface area (Å²) in [6.45, 7) is 5.82. The van der Waals surface area contributed by atoms with E-state index in [9.17, 15) is 4.21 Å². The average Bonchev–Trinajstić information content (AvgIpc) is 2.64. The molecule has 0 amide bonds. The molecule has 0 saturated carbocycles. The molecule has 0 heterocycles. The number of methoxy groups -OCH3 is 3. The van der Waals surface area contributed by atoms with E-state index in [1.165, 1.54) is 0 Å². The van der Waals surface area contributed by atoms with Gasteiger partial charge in [0.15, 0.2) is 11.5 Å². The summed E-state index contributed by atoms with van der Waals surface area (Å²) in [5.74, 6) is 1.48. The maximum atomic E-state index is 13.2. The highest BCUT2D eigenvalue weighted by Gasteiger charge is 2.28. The van der Waals surface area contributed by atoms with Gasteiger partial charge in [-0.25, -0.2) is 0 Å². The maximum absolute atomic E-state index is 13.2. The molecule has 2 aromatic carbocycles. The number of rotatable bonds is 6. The molecule has 140 valence electrons. The summed E-state index contributed by atoms with van der Waals surface area (Å²) in [5, 5.41) is 0. The van der Waals surface area contributed by atoms with Crippen LogP contribution in [-0.4, -0.2) is 30.3 Å². The average molecular weight is 375 g/mol. The van der Waals surface area contributed by atoms with Crippen molar-refractivity contribution >= 4 is 23.0 Å². The van der Waals surface area contributed by atoms with Gasteiger partial charge in [0.25, 0.3) is 0 Å². The molecule has 1 atom stereocenters. The fraction of sp³-hybridized carbons (Fsp3) is 0.333. The first-order chi connectivity index (χ1) is 12.3. The van der Waals surface area contributed by atoms with E-state index in [1.54, 1.807) is 27.4 Å². The van der Waals surface area contributed by atoms with Crippen LogP contribution < -0.4 is 14.2 Å². The van der Waals surface area contributed by atoms with Crippen molar-refractivity contribution in [2.75, 3.05) is 21.3 Å². The molecule has 0 radical (unpaired) electrons. The lowest BCUT2D eigenvalue weighted by Crippen LogP contribution is -2.22. The Balaban J connectivity index is 2.72. The molecule has 0 aromatic heterocycles. The second kappa shape index (κ2) is 8.41. The van der Waals surface area contributed by atoms with Crippen LogP contribution in [-0.2, 0) is 10.8 Å². The Kier molecular flexibility index (Phi) is 6.48. The quantitative estimate of drug-likeness (QED) is 0.682. The van der Waals surface area contributed by atoms with Gasteiger partial charge in [-0.05, 0) is 32.4 Å². The summed E-state index contributed by atoms with van der Waals surface area (Å²) >= 11 is 0. The molecule has 0 aliphatic rings. The van der Waals surface area contributed by atoms with Crippen molar-refractivity contribution in [1.82, 2.24) is 0 Å². The molecule has 0 spiro atoms. The van der Waals surface area contributed by atoms with Crippen LogP contribution in [0.4, 0.5) is 0 Å². The van der Waals surface area contributed by atoms with Crippen LogP contribution in [0.15, 0.2) is 41.3 Å². The molecular weight excluding hydrogens is 348 g/mol. The van der Waals surface area contributed by atoms with E-state index < -0.39 is 15.5 Å². The Morgan fingerprint density at radius 2 is 1.50 bits per heavy atom. The zero-order valence-corrected chi connectivity index (χ0v) is 17.0. The first kappa shape index (κ1) is 20.0. The van der Waals surface area contributed by atoms with E-state index in [0.29, 0.717) is 22.1 Å². The molecule has 4 nitrogen and oxygen atoms in total. The van der Waals surface area contributed by atoms with Gasteiger partial charge in [0.1, 0.15) is 0 Å². The first-order valence-corrected chi connectivity index (χ1v) is 9.46. The fourth-order valence-corrected chi connectivity index (χ4v) is 3.78. The minimum absolute atomic E-state index is 0.431. The molecule has 0 bridgehead atoms. The summed E-state index contributed by atoms with van der Waals surface area (Å²) in [4.78, 5) is 0.652. The van der Waals surface area contributed by atoms with Crippen molar-refractivity contribution in [1.29, 1.82) is 0 Å². The molecule has 0 saturated heterocycles. The van der Waals surface area contributed by atoms with E-state index in [0.717, 1.165) is 11.1 Å². The zero-order valence-electron chi connectivity index (χ0n) is 16.2. The van der Waals surface area contributed by atoms with Gasteiger partial charge < -0.3 is 14.2 Å². The summed E-state index contributed by atoms with van der Waals surface area (Å²) in [5.41, 5.74) is 1.76. The van der Waals surface area contributed by atoms with Gasteiger partial charge in [0.05, 0.1) is 37.0 Å². The lowest BCUT2D eigenvalue weighted by atomic mass is 10.1. The highest BCUT2D eigenvalue weighted by Crippen LogP contribution is 2.45. The van der Waals surface area contributed by atoms with Crippen molar-refractivity contribution < 1.29 is 18.4 Å². The molecular formula is C21H26O4S. The van der Waals surface area contributed by atoms with Gasteiger partial charge in [-0.15, -0.1) is 0 Å². The van der Waals surface area contributed by atoms with Crippen molar-refractivity contribution in [3.8, 4) is 17.2 Å². The molecule has 2 rings (SSSR count). The molecule has 2 aromatic rings. The largest absolute Gasteiger partial charge is 0.493 e. The Bertz CT molecular complexity index is 805. The second-order valence-electron chi connectivity index (χ2n) is 6.68. The van der Waals surface area contributed by atoms with Gasteiger partial charge >= 0.3 is 0 Å². The van der Waals surface area contributed by atoms with Crippen LogP contribution in [0.1, 0.15) is 31.9 Å². The summed E-state index contributed by atoms with van der Waals surface area (Å²) in [6.07, 6.45) is 3.88. The predicted molar refractivity (Wildman–Crippen MR) is 108 cm³/mol. The minimum atomic E-state index is -1.27. The van der Waals surface area contributed by atoms with Gasteiger partial charge in [-0.1, -0.05) is 36.4 Å². The number of ether oxygens (including phenoxy) is 3. The van der Waals surface area contributed by atoms with Crippen LogP contribution in [0.2, 0.25) is 0 Å². The van der Waals surface area contributed by atoms with E-state index in [1.807, 2.05) is 63.3 Å². The Hall–Kier alpha value is -2.27. The standard InChI is InChI=1S/C21H26O4S/c1-21(2,3)26(22)18-14-17(23-4)20(25-6)19(24-5)16(18)13-12-15-10-8-7-9-11-15/h7-14H,1-6H3/b13-12+. The molecule has 5 heteroatoms. The summed E-state index contributed by atoms with van der Waals surface area (Å²) in [6, 6.07) is 11.7. The Morgan fingerprint density at radius 1 is 0.885 bits per heavy atom. The van der Waals surface area contributed by atoms with Crippen LogP contribution >= 0.6 is 0 Å². The van der Waals surface area contributed by atoms with E-state index in [2.05, 4.69) is 0 Å². The highest BCUT2D eigenvalue weighted by molar-refractivity contribution is 7.86. The third kappa shape index (κ3) is 4.28. The van der Waals surface area contributed by atoms with Gasteiger partial charge in [-0.3, -0.25) is 4.21 Å². The lowest BCUT2D eigenvalue weighted by Gasteiger charge is -2.23. The predicted octanol–water partition coefficient (Wildman–Crippen LogP) is 4.79. The van der Waals surface area contributed by atoms with Crippen molar-refractivity contribution in [2.45, 2.75) is 30.4 Å². The Morgan fingerprint density at radius 3 is 2.00 bits per heavy atom. The summed E-state index contributed by atoms with van der Waals surface area (Å²) in [7, 11) is 3.42. The number of hydrogen-bond acceptors (Lipinski definition) is 4. The van der Waals surface area contributed by atoms with E-state index in [4.69, 9.17) is 14.2 Å². The number of hydrogen-bond donors (Lipinski definition) is 0. The lowest BCUT2D eigenvalue weighted by molar-refractivity contribution is 0.322. The van der Waals surface area contributed by atoms with Crippen LogP contribution in [0.25, 0.3) is 12.2 Å². The highest BCUT2D eigenvalue weighted by atomic mass is 32.2. The Labute approximate surface area is 158 Å². The first-order valence-electron chi connectivity index (χ1n) is 8.31. The van der Waals surface area contributed by atoms with Crippen molar-refractivity contribution in [2.24, 2.45) is 0 Å². The zero-order chi connectivity index (χ0) is 19.3. The van der Waals surface area contributed by atoms with Crippen molar-refractivity contribution in [3.63, 3.8) is 0 Å². The third-order valence-electron chi connectivity index (χ3n) is 3.83. The van der Waals surface area contributed by atoms with Gasteiger partial charge in [0, 0.05) is 16.4 Å². The fourth-order valence-electron chi connectivity index (χ4n) is 2.54. The normalized spacial score (nSPS) is 12.8. The molecule has 1 unspecified atom stereocenters. The second-order valence-corrected chi connectivity index (χ2v) is 8.88. The van der Waals surface area contributed by atoms with Crippen molar-refractivity contribution in [3.05, 3.63) is 47.5 Å². The van der Waals surface area contributed by atoms with Crippen LogP contribution in [0, 0.1) is 0 Å². The third-order valence-corrected chi connectivity index (χ3v) is 5.68. The van der Waals surface area contributed by atoms with Crippen LogP contribution in [0.5, 0.6) is 17.2 Å². The van der Waals surface area contributed by atoms with E-state index >= 15 is 0 Å². The molecule has 0 fully saturated rings. The topological polar surface area (TPSA) is 44.8 Å². The van der Waals surface area contributed by atoms with Gasteiger partial charge in [0.2, 0.25) is 5.75 Å². The summed E-state index contributed by atoms with van der Waals surface area (Å²) < 4.78 is 29.3. The van der Waals surface area contributed by atoms with E-state index in [-0.39, 0.29) is 0 Å². The molecule has 0 aliphatic heterocycles. The molecule has 0 N–H and O–H groups in total. The SMILES string of the molecule is COc1cc(S(=O)C(C)(C)C)c(/C=C/c2ccccc2)c(OC)c1OC. The minimum Gasteiger partial charge on any atom is -0.493 e. The molecule has 0 aliphatic carbocycles. The maximum Gasteiger partial charge on any atom is 0.203 e.